The molecule has 0 fully saturated rings. The van der Waals surface area contributed by atoms with Crippen LogP contribution in [0.4, 0.5) is 0 Å². The Morgan fingerprint density at radius 2 is 1.81 bits per heavy atom. The van der Waals surface area contributed by atoms with Gasteiger partial charge in [-0.2, -0.15) is 0 Å². The van der Waals surface area contributed by atoms with E-state index in [0.29, 0.717) is 5.56 Å². The SMILES string of the molecule is COC(=O)[C@H]([C@H](C)O)[C@@H](O)c1ccccc1. The number of carbonyl (C=O) groups is 1. The summed E-state index contributed by atoms with van der Waals surface area (Å²) in [6.45, 7) is 1.45. The maximum Gasteiger partial charge on any atom is 0.314 e. The summed E-state index contributed by atoms with van der Waals surface area (Å²) in [4.78, 5) is 11.4. The maximum atomic E-state index is 11.4. The molecule has 0 unspecified atom stereocenters. The van der Waals surface area contributed by atoms with Crippen LogP contribution in [0, 0.1) is 5.92 Å². The Hall–Kier alpha value is -1.39. The molecule has 1 aromatic rings. The van der Waals surface area contributed by atoms with E-state index in [2.05, 4.69) is 4.74 Å². The van der Waals surface area contributed by atoms with Gasteiger partial charge in [-0.05, 0) is 12.5 Å². The van der Waals surface area contributed by atoms with Gasteiger partial charge in [-0.1, -0.05) is 30.3 Å². The summed E-state index contributed by atoms with van der Waals surface area (Å²) < 4.78 is 4.56. The molecule has 2 N–H and O–H groups in total. The second kappa shape index (κ2) is 5.63. The smallest absolute Gasteiger partial charge is 0.314 e. The highest BCUT2D eigenvalue weighted by molar-refractivity contribution is 5.73. The van der Waals surface area contributed by atoms with E-state index < -0.39 is 24.1 Å². The van der Waals surface area contributed by atoms with Crippen molar-refractivity contribution >= 4 is 5.97 Å². The van der Waals surface area contributed by atoms with Crippen molar-refractivity contribution in [3.05, 3.63) is 35.9 Å². The van der Waals surface area contributed by atoms with E-state index in [0.717, 1.165) is 0 Å². The molecule has 0 amide bonds. The molecule has 88 valence electrons. The molecule has 0 radical (unpaired) electrons. The number of methoxy groups -OCH3 is 1. The average molecular weight is 224 g/mol. The van der Waals surface area contributed by atoms with E-state index in [1.165, 1.54) is 14.0 Å². The number of aliphatic hydroxyl groups excluding tert-OH is 2. The fraction of sp³-hybridized carbons (Fsp3) is 0.417. The monoisotopic (exact) mass is 224 g/mol. The lowest BCUT2D eigenvalue weighted by Crippen LogP contribution is -2.32. The summed E-state index contributed by atoms with van der Waals surface area (Å²) in [5.41, 5.74) is 0.582. The van der Waals surface area contributed by atoms with Gasteiger partial charge in [0.15, 0.2) is 0 Å². The van der Waals surface area contributed by atoms with Crippen molar-refractivity contribution in [1.82, 2.24) is 0 Å². The number of hydrogen-bond donors (Lipinski definition) is 2. The Morgan fingerprint density at radius 1 is 1.25 bits per heavy atom. The van der Waals surface area contributed by atoms with E-state index in [1.54, 1.807) is 24.3 Å². The second-order valence-corrected chi connectivity index (χ2v) is 3.65. The first-order valence-corrected chi connectivity index (χ1v) is 5.06. The minimum Gasteiger partial charge on any atom is -0.469 e. The van der Waals surface area contributed by atoms with Gasteiger partial charge in [-0.25, -0.2) is 0 Å². The van der Waals surface area contributed by atoms with Gasteiger partial charge in [0.25, 0.3) is 0 Å². The molecular formula is C12H16O4. The van der Waals surface area contributed by atoms with Crippen LogP contribution in [0.1, 0.15) is 18.6 Å². The number of esters is 1. The predicted octanol–water partition coefficient (Wildman–Crippen LogP) is 0.890. The van der Waals surface area contributed by atoms with Crippen LogP contribution >= 0.6 is 0 Å². The molecule has 0 bridgehead atoms. The standard InChI is InChI=1S/C12H16O4/c1-8(13)10(12(15)16-2)11(14)9-6-4-3-5-7-9/h3-8,10-11,13-14H,1-2H3/t8-,10+,11-/m0/s1. The zero-order chi connectivity index (χ0) is 12.1. The summed E-state index contributed by atoms with van der Waals surface area (Å²) in [6, 6.07) is 8.72. The van der Waals surface area contributed by atoms with E-state index in [9.17, 15) is 15.0 Å². The zero-order valence-electron chi connectivity index (χ0n) is 9.33. The molecule has 0 heterocycles. The van der Waals surface area contributed by atoms with E-state index in [4.69, 9.17) is 0 Å². The third-order valence-electron chi connectivity index (χ3n) is 2.47. The number of rotatable bonds is 4. The van der Waals surface area contributed by atoms with Crippen molar-refractivity contribution in [2.75, 3.05) is 7.11 Å². The van der Waals surface area contributed by atoms with Crippen LogP contribution in [0.2, 0.25) is 0 Å². The summed E-state index contributed by atoms with van der Waals surface area (Å²) in [6.07, 6.45) is -2.03. The molecule has 0 aliphatic heterocycles. The lowest BCUT2D eigenvalue weighted by molar-refractivity contribution is -0.154. The molecule has 4 nitrogen and oxygen atoms in total. The maximum absolute atomic E-state index is 11.4. The van der Waals surface area contributed by atoms with Crippen molar-refractivity contribution in [2.24, 2.45) is 5.92 Å². The van der Waals surface area contributed by atoms with Crippen molar-refractivity contribution in [3.63, 3.8) is 0 Å². The molecule has 0 spiro atoms. The van der Waals surface area contributed by atoms with Crippen LogP contribution in [0.3, 0.4) is 0 Å². The molecule has 3 atom stereocenters. The molecule has 0 saturated carbocycles. The molecule has 0 saturated heterocycles. The molecule has 16 heavy (non-hydrogen) atoms. The summed E-state index contributed by atoms with van der Waals surface area (Å²) in [5, 5.41) is 19.5. The first-order chi connectivity index (χ1) is 7.57. The van der Waals surface area contributed by atoms with Gasteiger partial charge < -0.3 is 14.9 Å². The third-order valence-corrected chi connectivity index (χ3v) is 2.47. The summed E-state index contributed by atoms with van der Waals surface area (Å²) in [5.74, 6) is -1.58. The number of benzene rings is 1. The Bertz CT molecular complexity index is 334. The highest BCUT2D eigenvalue weighted by Crippen LogP contribution is 2.25. The topological polar surface area (TPSA) is 66.8 Å². The van der Waals surface area contributed by atoms with Crippen molar-refractivity contribution in [2.45, 2.75) is 19.1 Å². The lowest BCUT2D eigenvalue weighted by Gasteiger charge is -2.23. The van der Waals surface area contributed by atoms with Crippen molar-refractivity contribution in [3.8, 4) is 0 Å². The van der Waals surface area contributed by atoms with Crippen LogP contribution in [0.5, 0.6) is 0 Å². The largest absolute Gasteiger partial charge is 0.469 e. The van der Waals surface area contributed by atoms with Crippen LogP contribution in [0.25, 0.3) is 0 Å². The Balaban J connectivity index is 2.92. The molecular weight excluding hydrogens is 208 g/mol. The quantitative estimate of drug-likeness (QED) is 0.745. The van der Waals surface area contributed by atoms with Crippen LogP contribution in [-0.4, -0.2) is 29.4 Å². The van der Waals surface area contributed by atoms with Gasteiger partial charge in [-0.15, -0.1) is 0 Å². The van der Waals surface area contributed by atoms with Crippen molar-refractivity contribution in [1.29, 1.82) is 0 Å². The third kappa shape index (κ3) is 2.81. The van der Waals surface area contributed by atoms with Gasteiger partial charge in [0.05, 0.1) is 19.3 Å². The first-order valence-electron chi connectivity index (χ1n) is 5.06. The number of aliphatic hydroxyl groups is 2. The zero-order valence-corrected chi connectivity index (χ0v) is 9.33. The molecule has 0 aromatic heterocycles. The minimum atomic E-state index is -1.06. The van der Waals surface area contributed by atoms with Gasteiger partial charge in [0.1, 0.15) is 5.92 Å². The molecule has 0 aliphatic rings. The van der Waals surface area contributed by atoms with Crippen LogP contribution in [0.15, 0.2) is 30.3 Å². The Kier molecular flexibility index (Phi) is 4.46. The Labute approximate surface area is 94.5 Å². The van der Waals surface area contributed by atoms with E-state index in [-0.39, 0.29) is 0 Å². The van der Waals surface area contributed by atoms with Gasteiger partial charge in [0, 0.05) is 0 Å². The highest BCUT2D eigenvalue weighted by atomic mass is 16.5. The lowest BCUT2D eigenvalue weighted by atomic mass is 9.91. The highest BCUT2D eigenvalue weighted by Gasteiger charge is 2.32. The van der Waals surface area contributed by atoms with Gasteiger partial charge in [0.2, 0.25) is 0 Å². The molecule has 1 rings (SSSR count). The van der Waals surface area contributed by atoms with Crippen molar-refractivity contribution < 1.29 is 19.7 Å². The van der Waals surface area contributed by atoms with Crippen LogP contribution in [-0.2, 0) is 9.53 Å². The second-order valence-electron chi connectivity index (χ2n) is 3.65. The molecule has 0 aliphatic carbocycles. The van der Waals surface area contributed by atoms with E-state index in [1.807, 2.05) is 6.07 Å². The fourth-order valence-electron chi connectivity index (χ4n) is 1.58. The number of ether oxygens (including phenoxy) is 1. The Morgan fingerprint density at radius 3 is 2.25 bits per heavy atom. The van der Waals surface area contributed by atoms with Crippen LogP contribution < -0.4 is 0 Å². The summed E-state index contributed by atoms with van der Waals surface area (Å²) in [7, 11) is 1.23. The normalized spacial score (nSPS) is 16.2. The number of hydrogen-bond acceptors (Lipinski definition) is 4. The average Bonchev–Trinajstić information content (AvgIpc) is 2.29. The summed E-state index contributed by atoms with van der Waals surface area (Å²) >= 11 is 0. The first kappa shape index (κ1) is 12.7. The molecule has 4 heteroatoms. The minimum absolute atomic E-state index is 0.582. The van der Waals surface area contributed by atoms with Gasteiger partial charge in [-0.3, -0.25) is 4.79 Å². The number of carbonyl (C=O) groups excluding carboxylic acids is 1. The fourth-order valence-corrected chi connectivity index (χ4v) is 1.58. The predicted molar refractivity (Wildman–Crippen MR) is 58.6 cm³/mol. The molecule has 1 aromatic carbocycles. The van der Waals surface area contributed by atoms with Gasteiger partial charge >= 0.3 is 5.97 Å². The van der Waals surface area contributed by atoms with E-state index >= 15 is 0 Å².